The van der Waals surface area contributed by atoms with Crippen molar-refractivity contribution in [2.75, 3.05) is 26.9 Å². The normalized spacial score (nSPS) is 19.6. The fraction of sp³-hybridized carbons (Fsp3) is 0.429. The minimum Gasteiger partial charge on any atom is -0.454 e. The number of rotatable bonds is 4. The van der Waals surface area contributed by atoms with Crippen molar-refractivity contribution in [3.8, 4) is 11.5 Å². The van der Waals surface area contributed by atoms with E-state index in [9.17, 15) is 9.59 Å². The second-order valence-electron chi connectivity index (χ2n) is 5.00. The first kappa shape index (κ1) is 13.5. The number of cyclic esters (lactones) is 1. The Morgan fingerprint density at radius 2 is 2.19 bits per heavy atom. The Bertz CT molecular complexity index is 574. The maximum absolute atomic E-state index is 12.0. The Kier molecular flexibility index (Phi) is 3.55. The molecule has 0 bridgehead atoms. The number of carbonyl (C=O) groups excluding carboxylic acids is 2. The monoisotopic (exact) mass is 292 g/mol. The van der Waals surface area contributed by atoms with Crippen LogP contribution in [0, 0.1) is 0 Å². The lowest BCUT2D eigenvalue weighted by molar-refractivity contribution is 0.0943. The molecule has 2 heterocycles. The highest BCUT2D eigenvalue weighted by atomic mass is 16.7. The van der Waals surface area contributed by atoms with Crippen molar-refractivity contribution in [3.05, 3.63) is 23.8 Å². The third-order valence-electron chi connectivity index (χ3n) is 3.44. The van der Waals surface area contributed by atoms with Crippen molar-refractivity contribution in [2.24, 2.45) is 0 Å². The summed E-state index contributed by atoms with van der Waals surface area (Å²) < 4.78 is 15.5. The molecular weight excluding hydrogens is 276 g/mol. The molecule has 3 rings (SSSR count). The van der Waals surface area contributed by atoms with Crippen LogP contribution in [0.3, 0.4) is 0 Å². The van der Waals surface area contributed by atoms with Gasteiger partial charge in [0.05, 0.1) is 6.54 Å². The van der Waals surface area contributed by atoms with E-state index in [1.165, 1.54) is 4.90 Å². The highest BCUT2D eigenvalue weighted by molar-refractivity contribution is 5.94. The molecule has 2 amide bonds. The van der Waals surface area contributed by atoms with E-state index in [2.05, 4.69) is 5.32 Å². The van der Waals surface area contributed by atoms with Crippen molar-refractivity contribution in [1.29, 1.82) is 0 Å². The lowest BCUT2D eigenvalue weighted by atomic mass is 10.2. The number of likely N-dealkylation sites (N-methyl/N-ethyl adjacent to an activating group) is 1. The molecule has 1 fully saturated rings. The second kappa shape index (κ2) is 5.51. The van der Waals surface area contributed by atoms with Gasteiger partial charge in [-0.05, 0) is 18.2 Å². The van der Waals surface area contributed by atoms with Gasteiger partial charge in [-0.15, -0.1) is 0 Å². The van der Waals surface area contributed by atoms with Gasteiger partial charge in [0, 0.05) is 25.6 Å². The van der Waals surface area contributed by atoms with Crippen LogP contribution in [0.2, 0.25) is 0 Å². The van der Waals surface area contributed by atoms with Crippen LogP contribution in [0.4, 0.5) is 4.79 Å². The van der Waals surface area contributed by atoms with E-state index in [0.29, 0.717) is 36.6 Å². The van der Waals surface area contributed by atoms with Gasteiger partial charge in [-0.2, -0.15) is 0 Å². The van der Waals surface area contributed by atoms with Crippen LogP contribution in [-0.2, 0) is 4.74 Å². The molecule has 7 heteroatoms. The van der Waals surface area contributed by atoms with Crippen molar-refractivity contribution in [1.82, 2.24) is 10.2 Å². The SMILES string of the molecule is CN1CC(CCNC(=O)c2ccc3c(c2)OCO3)OC1=O. The van der Waals surface area contributed by atoms with Gasteiger partial charge in [0.1, 0.15) is 6.10 Å². The minimum atomic E-state index is -0.318. The van der Waals surface area contributed by atoms with Gasteiger partial charge >= 0.3 is 6.09 Å². The van der Waals surface area contributed by atoms with Crippen LogP contribution in [0.5, 0.6) is 11.5 Å². The molecule has 1 atom stereocenters. The Hall–Kier alpha value is -2.44. The fourth-order valence-corrected chi connectivity index (χ4v) is 2.29. The summed E-state index contributed by atoms with van der Waals surface area (Å²) >= 11 is 0. The Balaban J connectivity index is 1.49. The number of carbonyl (C=O) groups is 2. The summed E-state index contributed by atoms with van der Waals surface area (Å²) in [6.45, 7) is 1.18. The summed E-state index contributed by atoms with van der Waals surface area (Å²) in [5.74, 6) is 1.03. The Labute approximate surface area is 121 Å². The average molecular weight is 292 g/mol. The number of hydrogen-bond donors (Lipinski definition) is 1. The summed E-state index contributed by atoms with van der Waals surface area (Å²) in [5, 5.41) is 2.80. The highest BCUT2D eigenvalue weighted by Gasteiger charge is 2.27. The maximum Gasteiger partial charge on any atom is 0.409 e. The van der Waals surface area contributed by atoms with Gasteiger partial charge in [0.2, 0.25) is 6.79 Å². The molecule has 0 aromatic heterocycles. The number of benzene rings is 1. The van der Waals surface area contributed by atoms with Gasteiger partial charge < -0.3 is 24.4 Å². The van der Waals surface area contributed by atoms with Gasteiger partial charge in [-0.1, -0.05) is 0 Å². The molecule has 1 unspecified atom stereocenters. The Morgan fingerprint density at radius 3 is 2.95 bits per heavy atom. The molecule has 7 nitrogen and oxygen atoms in total. The molecule has 2 aliphatic heterocycles. The zero-order chi connectivity index (χ0) is 14.8. The van der Waals surface area contributed by atoms with E-state index in [-0.39, 0.29) is 24.9 Å². The van der Waals surface area contributed by atoms with Crippen molar-refractivity contribution in [3.63, 3.8) is 0 Å². The number of fused-ring (bicyclic) bond motifs is 1. The van der Waals surface area contributed by atoms with Gasteiger partial charge in [0.25, 0.3) is 5.91 Å². The number of hydrogen-bond acceptors (Lipinski definition) is 5. The van der Waals surface area contributed by atoms with Crippen molar-refractivity contribution >= 4 is 12.0 Å². The lowest BCUT2D eigenvalue weighted by Crippen LogP contribution is -2.28. The first-order valence-corrected chi connectivity index (χ1v) is 6.73. The van der Waals surface area contributed by atoms with Crippen molar-refractivity contribution in [2.45, 2.75) is 12.5 Å². The summed E-state index contributed by atoms with van der Waals surface area (Å²) in [7, 11) is 1.69. The van der Waals surface area contributed by atoms with E-state index >= 15 is 0 Å². The molecule has 21 heavy (non-hydrogen) atoms. The molecule has 1 aromatic carbocycles. The van der Waals surface area contributed by atoms with Gasteiger partial charge in [-0.25, -0.2) is 4.79 Å². The minimum absolute atomic E-state index is 0.167. The molecular formula is C14H16N2O5. The topological polar surface area (TPSA) is 77.1 Å². The van der Waals surface area contributed by atoms with E-state index in [0.717, 1.165) is 0 Å². The summed E-state index contributed by atoms with van der Waals surface area (Å²) in [4.78, 5) is 24.7. The number of nitrogens with one attached hydrogen (secondary N) is 1. The predicted octanol–water partition coefficient (Wildman–Crippen LogP) is 0.986. The molecule has 0 aliphatic carbocycles. The standard InChI is InChI=1S/C14H16N2O5/c1-16-7-10(21-14(16)18)4-5-15-13(17)9-2-3-11-12(6-9)20-8-19-11/h2-3,6,10H,4-5,7-8H2,1H3,(H,15,17). The molecule has 0 spiro atoms. The van der Waals surface area contributed by atoms with E-state index in [1.54, 1.807) is 25.2 Å². The molecule has 0 radical (unpaired) electrons. The van der Waals surface area contributed by atoms with Gasteiger partial charge in [-0.3, -0.25) is 4.79 Å². The fourth-order valence-electron chi connectivity index (χ4n) is 2.29. The summed E-state index contributed by atoms with van der Waals surface area (Å²) in [5.41, 5.74) is 0.514. The van der Waals surface area contributed by atoms with Crippen LogP contribution in [0.15, 0.2) is 18.2 Å². The quantitative estimate of drug-likeness (QED) is 0.895. The number of amides is 2. The lowest BCUT2D eigenvalue weighted by Gasteiger charge is -2.09. The van der Waals surface area contributed by atoms with E-state index in [4.69, 9.17) is 14.2 Å². The Morgan fingerprint density at radius 1 is 1.38 bits per heavy atom. The largest absolute Gasteiger partial charge is 0.454 e. The third kappa shape index (κ3) is 2.86. The zero-order valence-corrected chi connectivity index (χ0v) is 11.6. The smallest absolute Gasteiger partial charge is 0.409 e. The van der Waals surface area contributed by atoms with Crippen LogP contribution in [-0.4, -0.2) is 49.9 Å². The van der Waals surface area contributed by atoms with Crippen molar-refractivity contribution < 1.29 is 23.8 Å². The molecule has 0 saturated carbocycles. The number of nitrogens with zero attached hydrogens (tertiary/aromatic N) is 1. The second-order valence-corrected chi connectivity index (χ2v) is 5.00. The van der Waals surface area contributed by atoms with E-state index < -0.39 is 0 Å². The molecule has 112 valence electrons. The zero-order valence-electron chi connectivity index (χ0n) is 11.6. The van der Waals surface area contributed by atoms with Crippen LogP contribution < -0.4 is 14.8 Å². The third-order valence-corrected chi connectivity index (χ3v) is 3.44. The molecule has 1 N–H and O–H groups in total. The molecule has 1 saturated heterocycles. The average Bonchev–Trinajstić information content (AvgIpc) is 3.05. The molecule has 1 aromatic rings. The predicted molar refractivity (Wildman–Crippen MR) is 72.4 cm³/mol. The highest BCUT2D eigenvalue weighted by Crippen LogP contribution is 2.32. The van der Waals surface area contributed by atoms with Gasteiger partial charge in [0.15, 0.2) is 11.5 Å². The maximum atomic E-state index is 12.0. The van der Waals surface area contributed by atoms with Crippen LogP contribution >= 0.6 is 0 Å². The summed E-state index contributed by atoms with van der Waals surface area (Å²) in [6, 6.07) is 5.05. The van der Waals surface area contributed by atoms with Crippen LogP contribution in [0.1, 0.15) is 16.8 Å². The number of ether oxygens (including phenoxy) is 3. The first-order chi connectivity index (χ1) is 10.1. The van der Waals surface area contributed by atoms with E-state index in [1.807, 2.05) is 0 Å². The van der Waals surface area contributed by atoms with Crippen LogP contribution in [0.25, 0.3) is 0 Å². The summed E-state index contributed by atoms with van der Waals surface area (Å²) in [6.07, 6.45) is 0.105. The first-order valence-electron chi connectivity index (χ1n) is 6.73. The molecule has 2 aliphatic rings.